The summed E-state index contributed by atoms with van der Waals surface area (Å²) in [5.41, 5.74) is 1.58. The Hall–Kier alpha value is -1.95. The first-order valence-electron chi connectivity index (χ1n) is 11.8. The van der Waals surface area contributed by atoms with Crippen molar-refractivity contribution in [2.24, 2.45) is 0 Å². The van der Waals surface area contributed by atoms with Crippen molar-refractivity contribution in [2.45, 2.75) is 77.8 Å². The van der Waals surface area contributed by atoms with Crippen LogP contribution in [0, 0.1) is 11.3 Å². The summed E-state index contributed by atoms with van der Waals surface area (Å²) < 4.78 is 0. The lowest BCUT2D eigenvalue weighted by Crippen LogP contribution is -2.47. The zero-order valence-electron chi connectivity index (χ0n) is 19.9. The van der Waals surface area contributed by atoms with E-state index in [9.17, 15) is 14.9 Å². The van der Waals surface area contributed by atoms with Crippen LogP contribution < -0.4 is 10.6 Å². The number of aryl methyl sites for hydroxylation is 1. The van der Waals surface area contributed by atoms with Crippen LogP contribution in [-0.4, -0.2) is 65.9 Å². The molecule has 176 valence electrons. The van der Waals surface area contributed by atoms with E-state index in [1.807, 2.05) is 27.7 Å². The largest absolute Gasteiger partial charge is 0.350 e. The number of fused-ring (bicyclic) bond motifs is 1. The molecular weight excluding hydrogens is 422 g/mol. The van der Waals surface area contributed by atoms with Gasteiger partial charge in [0.2, 0.25) is 11.8 Å². The van der Waals surface area contributed by atoms with Crippen LogP contribution in [0.25, 0.3) is 0 Å². The second kappa shape index (κ2) is 10.8. The molecule has 1 atom stereocenters. The Morgan fingerprint density at radius 1 is 1.09 bits per heavy atom. The van der Waals surface area contributed by atoms with Gasteiger partial charge in [0.1, 0.15) is 11.1 Å². The molecule has 2 aliphatic rings. The lowest BCUT2D eigenvalue weighted by Gasteiger charge is -2.27. The number of carbonyl (C=O) groups is 2. The minimum Gasteiger partial charge on any atom is -0.350 e. The molecule has 1 aromatic rings. The van der Waals surface area contributed by atoms with Crippen LogP contribution in [0.3, 0.4) is 0 Å². The van der Waals surface area contributed by atoms with Crippen LogP contribution in [0.4, 0.5) is 5.00 Å². The van der Waals surface area contributed by atoms with Gasteiger partial charge in [0.15, 0.2) is 0 Å². The number of carbonyl (C=O) groups excluding carboxylic acids is 2. The first kappa shape index (κ1) is 24.7. The number of rotatable bonds is 5. The molecule has 2 amide bonds. The summed E-state index contributed by atoms with van der Waals surface area (Å²) in [5.74, 6) is -0.0185. The lowest BCUT2D eigenvalue weighted by atomic mass is 10.1. The van der Waals surface area contributed by atoms with Crippen LogP contribution in [0.5, 0.6) is 0 Å². The Morgan fingerprint density at radius 2 is 1.84 bits per heavy atom. The van der Waals surface area contributed by atoms with Gasteiger partial charge in [0.25, 0.3) is 0 Å². The minimum atomic E-state index is -0.285. The average Bonchev–Trinajstić information content (AvgIpc) is 2.89. The van der Waals surface area contributed by atoms with Gasteiger partial charge in [-0.15, -0.1) is 11.3 Å². The highest BCUT2D eigenvalue weighted by molar-refractivity contribution is 7.16. The summed E-state index contributed by atoms with van der Waals surface area (Å²) in [6.45, 7) is 11.4. The first-order chi connectivity index (χ1) is 15.2. The van der Waals surface area contributed by atoms with Crippen LogP contribution in [0.1, 0.15) is 69.4 Å². The van der Waals surface area contributed by atoms with E-state index in [1.165, 1.54) is 11.3 Å². The second-order valence-electron chi connectivity index (χ2n) is 10.0. The molecule has 2 heterocycles. The van der Waals surface area contributed by atoms with Gasteiger partial charge < -0.3 is 10.6 Å². The average molecular weight is 460 g/mol. The van der Waals surface area contributed by atoms with Crippen molar-refractivity contribution in [3.05, 3.63) is 16.0 Å². The van der Waals surface area contributed by atoms with Crippen molar-refractivity contribution in [3.8, 4) is 6.07 Å². The van der Waals surface area contributed by atoms with Crippen LogP contribution >= 0.6 is 11.3 Å². The van der Waals surface area contributed by atoms with Gasteiger partial charge in [0.05, 0.1) is 18.2 Å². The SMILES string of the molecule is CC(C(=O)Nc1sc2c(c1C#N)CCCCC2)N1CCCN(CC(=O)NC(C)(C)C)CC1. The molecule has 0 radical (unpaired) electrons. The smallest absolute Gasteiger partial charge is 0.242 e. The van der Waals surface area contributed by atoms with Gasteiger partial charge >= 0.3 is 0 Å². The number of hydrogen-bond acceptors (Lipinski definition) is 6. The van der Waals surface area contributed by atoms with Crippen molar-refractivity contribution in [3.63, 3.8) is 0 Å². The van der Waals surface area contributed by atoms with Crippen molar-refractivity contribution >= 4 is 28.2 Å². The number of nitriles is 1. The summed E-state index contributed by atoms with van der Waals surface area (Å²) in [6, 6.07) is 2.06. The number of hydrogen-bond donors (Lipinski definition) is 2. The molecule has 1 unspecified atom stereocenters. The van der Waals surface area contributed by atoms with E-state index in [1.54, 1.807) is 11.3 Å². The van der Waals surface area contributed by atoms with E-state index in [-0.39, 0.29) is 23.4 Å². The van der Waals surface area contributed by atoms with Gasteiger partial charge in [-0.25, -0.2) is 0 Å². The summed E-state index contributed by atoms with van der Waals surface area (Å²) in [6.07, 6.45) is 6.32. The number of amides is 2. The van der Waals surface area contributed by atoms with Crippen LogP contribution in [0.15, 0.2) is 0 Å². The summed E-state index contributed by atoms with van der Waals surface area (Å²) in [7, 11) is 0. The Balaban J connectivity index is 1.57. The molecule has 1 fully saturated rings. The standard InChI is InChI=1S/C24H37N5O2S/c1-17(29-12-8-11-28(13-14-29)16-21(30)27-24(2,3)4)22(31)26-23-19(15-25)18-9-6-5-7-10-20(18)32-23/h17H,5-14,16H2,1-4H3,(H,26,31)(H,27,30). The third-order valence-electron chi connectivity index (χ3n) is 6.20. The van der Waals surface area contributed by atoms with E-state index in [2.05, 4.69) is 26.5 Å². The molecule has 0 saturated carbocycles. The van der Waals surface area contributed by atoms with Gasteiger partial charge in [-0.2, -0.15) is 5.26 Å². The van der Waals surface area contributed by atoms with E-state index < -0.39 is 0 Å². The third-order valence-corrected chi connectivity index (χ3v) is 7.41. The maximum absolute atomic E-state index is 13.1. The Kier molecular flexibility index (Phi) is 8.32. The topological polar surface area (TPSA) is 88.5 Å². The highest BCUT2D eigenvalue weighted by Gasteiger charge is 2.27. The molecule has 3 rings (SSSR count). The molecule has 32 heavy (non-hydrogen) atoms. The fourth-order valence-electron chi connectivity index (χ4n) is 4.53. The van der Waals surface area contributed by atoms with Crippen molar-refractivity contribution in [1.82, 2.24) is 15.1 Å². The van der Waals surface area contributed by atoms with Crippen LogP contribution in [0.2, 0.25) is 0 Å². The number of thiophene rings is 1. The third kappa shape index (κ3) is 6.53. The highest BCUT2D eigenvalue weighted by atomic mass is 32.1. The van der Waals surface area contributed by atoms with E-state index in [4.69, 9.17) is 0 Å². The Labute approximate surface area is 196 Å². The zero-order valence-corrected chi connectivity index (χ0v) is 20.7. The Bertz CT molecular complexity index is 867. The van der Waals surface area contributed by atoms with Gasteiger partial charge in [-0.3, -0.25) is 19.4 Å². The molecule has 1 aliphatic heterocycles. The maximum Gasteiger partial charge on any atom is 0.242 e. The van der Waals surface area contributed by atoms with E-state index >= 15 is 0 Å². The quantitative estimate of drug-likeness (QED) is 0.661. The molecule has 8 heteroatoms. The predicted octanol–water partition coefficient (Wildman–Crippen LogP) is 3.14. The normalized spacial score (nSPS) is 19.2. The van der Waals surface area contributed by atoms with E-state index in [0.717, 1.165) is 63.8 Å². The maximum atomic E-state index is 13.1. The zero-order chi connectivity index (χ0) is 23.3. The number of nitrogens with one attached hydrogen (secondary N) is 2. The molecule has 0 spiro atoms. The monoisotopic (exact) mass is 459 g/mol. The summed E-state index contributed by atoms with van der Waals surface area (Å²) in [4.78, 5) is 30.9. The summed E-state index contributed by atoms with van der Waals surface area (Å²) >= 11 is 1.58. The number of nitrogens with zero attached hydrogens (tertiary/aromatic N) is 3. The fourth-order valence-corrected chi connectivity index (χ4v) is 5.77. The molecule has 0 aromatic carbocycles. The minimum absolute atomic E-state index is 0.0400. The fraction of sp³-hybridized carbons (Fsp3) is 0.708. The molecule has 2 N–H and O–H groups in total. The van der Waals surface area contributed by atoms with Crippen molar-refractivity contribution in [2.75, 3.05) is 38.0 Å². The molecule has 1 aromatic heterocycles. The molecule has 7 nitrogen and oxygen atoms in total. The highest BCUT2D eigenvalue weighted by Crippen LogP contribution is 2.37. The van der Waals surface area contributed by atoms with Crippen LogP contribution in [-0.2, 0) is 22.4 Å². The van der Waals surface area contributed by atoms with Gasteiger partial charge in [-0.05, 0) is 71.9 Å². The molecule has 1 saturated heterocycles. The predicted molar refractivity (Wildman–Crippen MR) is 129 cm³/mol. The molecule has 1 aliphatic carbocycles. The summed E-state index contributed by atoms with van der Waals surface area (Å²) in [5, 5.41) is 16.5. The lowest BCUT2D eigenvalue weighted by molar-refractivity contribution is -0.124. The van der Waals surface area contributed by atoms with Crippen molar-refractivity contribution < 1.29 is 9.59 Å². The van der Waals surface area contributed by atoms with E-state index in [0.29, 0.717) is 17.1 Å². The van der Waals surface area contributed by atoms with Crippen molar-refractivity contribution in [1.29, 1.82) is 5.26 Å². The van der Waals surface area contributed by atoms with Gasteiger partial charge in [-0.1, -0.05) is 6.42 Å². The second-order valence-corrected chi connectivity index (χ2v) is 11.1. The first-order valence-corrected chi connectivity index (χ1v) is 12.6. The molecular formula is C24H37N5O2S. The number of anilines is 1. The Morgan fingerprint density at radius 3 is 2.56 bits per heavy atom. The van der Waals surface area contributed by atoms with Gasteiger partial charge in [0, 0.05) is 30.1 Å². The molecule has 0 bridgehead atoms.